The Morgan fingerprint density at radius 1 is 1.47 bits per heavy atom. The van der Waals surface area contributed by atoms with Gasteiger partial charge in [0.2, 0.25) is 0 Å². The zero-order valence-corrected chi connectivity index (χ0v) is 11.4. The van der Waals surface area contributed by atoms with Crippen molar-refractivity contribution in [2.45, 2.75) is 12.5 Å². The summed E-state index contributed by atoms with van der Waals surface area (Å²) in [4.78, 5) is 0. The highest BCUT2D eigenvalue weighted by Gasteiger charge is 2.14. The molecule has 17 heavy (non-hydrogen) atoms. The molecule has 0 aliphatic rings. The number of hydrogen-bond donors (Lipinski definition) is 2. The number of hydrogen-bond acceptors (Lipinski definition) is 4. The lowest BCUT2D eigenvalue weighted by Gasteiger charge is -2.18. The second kappa shape index (κ2) is 7.66. The molecule has 3 N–H and O–H groups in total. The van der Waals surface area contributed by atoms with Crippen molar-refractivity contribution in [2.75, 3.05) is 26.9 Å². The fourth-order valence-electron chi connectivity index (χ4n) is 1.47. The normalized spacial score (nSPS) is 12.5. The standard InChI is InChI=1S/C12H18BrNO3/c1-16-9-3-4-11(13)10(7-9)12(8-14)17-6-2-5-15/h3-4,7,12,15H,2,5-6,8,14H2,1H3. The highest BCUT2D eigenvalue weighted by atomic mass is 79.9. The molecule has 5 heteroatoms. The van der Waals surface area contributed by atoms with Crippen LogP contribution < -0.4 is 10.5 Å². The van der Waals surface area contributed by atoms with Crippen molar-refractivity contribution in [3.05, 3.63) is 28.2 Å². The van der Waals surface area contributed by atoms with Gasteiger partial charge in [0.05, 0.1) is 13.2 Å². The maximum absolute atomic E-state index is 8.72. The summed E-state index contributed by atoms with van der Waals surface area (Å²) in [7, 11) is 1.62. The summed E-state index contributed by atoms with van der Waals surface area (Å²) in [5.74, 6) is 0.771. The van der Waals surface area contributed by atoms with E-state index in [1.807, 2.05) is 18.2 Å². The van der Waals surface area contributed by atoms with E-state index in [9.17, 15) is 0 Å². The molecular weight excluding hydrogens is 286 g/mol. The third-order valence-corrected chi connectivity index (χ3v) is 3.11. The van der Waals surface area contributed by atoms with E-state index >= 15 is 0 Å². The molecule has 0 aliphatic carbocycles. The predicted octanol–water partition coefficient (Wildman–Crippen LogP) is 1.86. The van der Waals surface area contributed by atoms with E-state index in [1.165, 1.54) is 0 Å². The maximum Gasteiger partial charge on any atom is 0.119 e. The topological polar surface area (TPSA) is 64.7 Å². The molecule has 1 rings (SSSR count). The maximum atomic E-state index is 8.72. The average molecular weight is 304 g/mol. The monoisotopic (exact) mass is 303 g/mol. The molecular formula is C12H18BrNO3. The van der Waals surface area contributed by atoms with Gasteiger partial charge in [-0.15, -0.1) is 0 Å². The second-order valence-electron chi connectivity index (χ2n) is 3.56. The van der Waals surface area contributed by atoms with E-state index in [0.29, 0.717) is 19.6 Å². The van der Waals surface area contributed by atoms with Gasteiger partial charge in [-0.05, 0) is 30.2 Å². The molecule has 96 valence electrons. The van der Waals surface area contributed by atoms with E-state index in [0.717, 1.165) is 15.8 Å². The Morgan fingerprint density at radius 3 is 2.82 bits per heavy atom. The lowest BCUT2D eigenvalue weighted by atomic mass is 10.1. The molecule has 0 amide bonds. The number of aliphatic hydroxyl groups is 1. The first-order chi connectivity index (χ1) is 8.22. The highest BCUT2D eigenvalue weighted by Crippen LogP contribution is 2.29. The van der Waals surface area contributed by atoms with Gasteiger partial charge in [-0.3, -0.25) is 0 Å². The van der Waals surface area contributed by atoms with Crippen LogP contribution in [0.3, 0.4) is 0 Å². The quantitative estimate of drug-likeness (QED) is 0.755. The smallest absolute Gasteiger partial charge is 0.119 e. The molecule has 1 atom stereocenters. The number of aliphatic hydroxyl groups excluding tert-OH is 1. The van der Waals surface area contributed by atoms with Crippen LogP contribution in [0.15, 0.2) is 22.7 Å². The molecule has 0 aliphatic heterocycles. The van der Waals surface area contributed by atoms with E-state index < -0.39 is 0 Å². The average Bonchev–Trinajstić information content (AvgIpc) is 2.36. The fraction of sp³-hybridized carbons (Fsp3) is 0.500. The van der Waals surface area contributed by atoms with Gasteiger partial charge in [-0.25, -0.2) is 0 Å². The Bertz CT molecular complexity index is 347. The Labute approximate surface area is 110 Å². The van der Waals surface area contributed by atoms with Gasteiger partial charge >= 0.3 is 0 Å². The molecule has 0 saturated heterocycles. The summed E-state index contributed by atoms with van der Waals surface area (Å²) in [6.07, 6.45) is 0.420. The summed E-state index contributed by atoms with van der Waals surface area (Å²) in [6.45, 7) is 0.996. The van der Waals surface area contributed by atoms with Crippen molar-refractivity contribution in [1.29, 1.82) is 0 Å². The Balaban J connectivity index is 2.78. The molecule has 0 fully saturated rings. The summed E-state index contributed by atoms with van der Waals surface area (Å²) in [5.41, 5.74) is 6.66. The van der Waals surface area contributed by atoms with Gasteiger partial charge in [-0.2, -0.15) is 0 Å². The van der Waals surface area contributed by atoms with Crippen molar-refractivity contribution in [3.8, 4) is 5.75 Å². The van der Waals surface area contributed by atoms with E-state index in [2.05, 4.69) is 15.9 Å². The van der Waals surface area contributed by atoms with Crippen LogP contribution in [0.25, 0.3) is 0 Å². The van der Waals surface area contributed by atoms with Gasteiger partial charge in [0.15, 0.2) is 0 Å². The fourth-order valence-corrected chi connectivity index (χ4v) is 1.97. The van der Waals surface area contributed by atoms with E-state index in [4.69, 9.17) is 20.3 Å². The largest absolute Gasteiger partial charge is 0.497 e. The predicted molar refractivity (Wildman–Crippen MR) is 70.1 cm³/mol. The molecule has 0 aromatic heterocycles. The molecule has 0 radical (unpaired) electrons. The van der Waals surface area contributed by atoms with Crippen LogP contribution in [0.4, 0.5) is 0 Å². The van der Waals surface area contributed by atoms with Crippen molar-refractivity contribution in [1.82, 2.24) is 0 Å². The van der Waals surface area contributed by atoms with Crippen molar-refractivity contribution in [3.63, 3.8) is 0 Å². The Morgan fingerprint density at radius 2 is 2.24 bits per heavy atom. The number of benzene rings is 1. The molecule has 0 heterocycles. The van der Waals surface area contributed by atoms with Crippen LogP contribution in [-0.2, 0) is 4.74 Å². The number of methoxy groups -OCH3 is 1. The lowest BCUT2D eigenvalue weighted by Crippen LogP contribution is -2.17. The number of halogens is 1. The Hall–Kier alpha value is -0.620. The third kappa shape index (κ3) is 4.27. The summed E-state index contributed by atoms with van der Waals surface area (Å²) in [5, 5.41) is 8.72. The van der Waals surface area contributed by atoms with Crippen molar-refractivity contribution < 1.29 is 14.6 Å². The number of rotatable bonds is 7. The zero-order valence-electron chi connectivity index (χ0n) is 9.86. The molecule has 1 unspecified atom stereocenters. The summed E-state index contributed by atoms with van der Waals surface area (Å²) in [6, 6.07) is 5.68. The van der Waals surface area contributed by atoms with Crippen LogP contribution in [0, 0.1) is 0 Å². The van der Waals surface area contributed by atoms with Crippen molar-refractivity contribution in [2.24, 2.45) is 5.73 Å². The zero-order chi connectivity index (χ0) is 12.7. The first kappa shape index (κ1) is 14.4. The molecule has 0 bridgehead atoms. The lowest BCUT2D eigenvalue weighted by molar-refractivity contribution is 0.0483. The first-order valence-electron chi connectivity index (χ1n) is 5.49. The highest BCUT2D eigenvalue weighted by molar-refractivity contribution is 9.10. The third-order valence-electron chi connectivity index (χ3n) is 2.39. The Kier molecular flexibility index (Phi) is 6.50. The molecule has 1 aromatic rings. The van der Waals surface area contributed by atoms with E-state index in [-0.39, 0.29) is 12.7 Å². The number of nitrogens with two attached hydrogens (primary N) is 1. The molecule has 0 saturated carbocycles. The minimum Gasteiger partial charge on any atom is -0.497 e. The van der Waals surface area contributed by atoms with Gasteiger partial charge in [0.1, 0.15) is 5.75 Å². The van der Waals surface area contributed by atoms with Crippen LogP contribution >= 0.6 is 15.9 Å². The van der Waals surface area contributed by atoms with Crippen molar-refractivity contribution >= 4 is 15.9 Å². The van der Waals surface area contributed by atoms with Crippen LogP contribution in [0.5, 0.6) is 5.75 Å². The van der Waals surface area contributed by atoms with Gasteiger partial charge in [0.25, 0.3) is 0 Å². The second-order valence-corrected chi connectivity index (χ2v) is 4.41. The molecule has 1 aromatic carbocycles. The van der Waals surface area contributed by atoms with E-state index in [1.54, 1.807) is 7.11 Å². The van der Waals surface area contributed by atoms with Crippen LogP contribution in [-0.4, -0.2) is 32.0 Å². The minimum absolute atomic E-state index is 0.122. The van der Waals surface area contributed by atoms with Gasteiger partial charge in [0, 0.05) is 24.2 Å². The van der Waals surface area contributed by atoms with Gasteiger partial charge < -0.3 is 20.3 Å². The minimum atomic E-state index is -0.189. The first-order valence-corrected chi connectivity index (χ1v) is 6.28. The summed E-state index contributed by atoms with van der Waals surface area (Å²) >= 11 is 3.47. The van der Waals surface area contributed by atoms with Crippen LogP contribution in [0.1, 0.15) is 18.1 Å². The molecule has 4 nitrogen and oxygen atoms in total. The molecule has 0 spiro atoms. The van der Waals surface area contributed by atoms with Gasteiger partial charge in [-0.1, -0.05) is 15.9 Å². The van der Waals surface area contributed by atoms with Crippen LogP contribution in [0.2, 0.25) is 0 Å². The SMILES string of the molecule is COc1ccc(Br)c(C(CN)OCCCO)c1. The number of ether oxygens (including phenoxy) is 2. The summed E-state index contributed by atoms with van der Waals surface area (Å²) < 4.78 is 11.7.